The third kappa shape index (κ3) is 6.77. The lowest BCUT2D eigenvalue weighted by Gasteiger charge is -2.37. The number of nitrogens with zero attached hydrogens (tertiary/aromatic N) is 3. The summed E-state index contributed by atoms with van der Waals surface area (Å²) < 4.78 is 0. The fourth-order valence-electron chi connectivity index (χ4n) is 7.93. The summed E-state index contributed by atoms with van der Waals surface area (Å²) in [7, 11) is 0. The molecule has 0 saturated heterocycles. The van der Waals surface area contributed by atoms with Crippen LogP contribution in [0, 0.1) is 0 Å². The van der Waals surface area contributed by atoms with Crippen LogP contribution >= 0.6 is 0 Å². The van der Waals surface area contributed by atoms with E-state index in [0.29, 0.717) is 0 Å². The molecule has 0 N–H and O–H groups in total. The van der Waals surface area contributed by atoms with E-state index in [9.17, 15) is 0 Å². The Balaban J connectivity index is 0.979. The van der Waals surface area contributed by atoms with Gasteiger partial charge in [-0.2, -0.15) is 0 Å². The topological polar surface area (TPSA) is 29.7 Å². The molecule has 0 amide bonds. The molecule has 3 heteroatoms. The van der Waals surface area contributed by atoms with E-state index in [0.717, 1.165) is 56.3 Å². The highest BCUT2D eigenvalue weighted by molar-refractivity contribution is 6.20. The zero-order chi connectivity index (χ0) is 38.0. The normalized spacial score (nSPS) is 13.8. The number of benzene rings is 9. The first-order chi connectivity index (χ1) is 28.2. The molecule has 0 fully saturated rings. The molecule has 57 heavy (non-hydrogen) atoms. The second-order valence-electron chi connectivity index (χ2n) is 14.4. The minimum atomic E-state index is -0.327. The third-order valence-corrected chi connectivity index (χ3v) is 10.8. The zero-order valence-corrected chi connectivity index (χ0v) is 31.3. The molecular formula is C54H38N3-. The van der Waals surface area contributed by atoms with Gasteiger partial charge in [0, 0.05) is 28.5 Å². The van der Waals surface area contributed by atoms with Gasteiger partial charge in [0.25, 0.3) is 0 Å². The number of fused-ring (bicyclic) bond motifs is 2. The van der Waals surface area contributed by atoms with Crippen LogP contribution in [0.25, 0.3) is 54.8 Å². The number of hydrogen-bond acceptors (Lipinski definition) is 2. The minimum absolute atomic E-state index is 0.327. The van der Waals surface area contributed by atoms with Crippen LogP contribution in [0.2, 0.25) is 0 Å². The predicted octanol–water partition coefficient (Wildman–Crippen LogP) is 14.7. The monoisotopic (exact) mass is 728 g/mol. The van der Waals surface area contributed by atoms with Crippen LogP contribution in [-0.2, 0) is 0 Å². The first-order valence-electron chi connectivity index (χ1n) is 19.4. The highest BCUT2D eigenvalue weighted by atomic mass is 15.1. The SMILES string of the molecule is C1=C(c2ccc(-c3ccc(N(c4ccc(-c5ccccc5)cc4)c4cccc5ccccc45)cc3)cc2)[N-]C(c2ccccc2)N=C1c1cccc2ccccc12. The van der Waals surface area contributed by atoms with Gasteiger partial charge in [-0.05, 0) is 79.9 Å². The van der Waals surface area contributed by atoms with Crippen LogP contribution in [0.1, 0.15) is 22.9 Å². The average Bonchev–Trinajstić information content (AvgIpc) is 3.30. The molecule has 9 aromatic carbocycles. The first kappa shape index (κ1) is 34.0. The van der Waals surface area contributed by atoms with Crippen molar-refractivity contribution in [3.63, 3.8) is 0 Å². The van der Waals surface area contributed by atoms with Gasteiger partial charge in [-0.25, -0.2) is 0 Å². The van der Waals surface area contributed by atoms with Crippen LogP contribution in [-0.4, -0.2) is 5.71 Å². The van der Waals surface area contributed by atoms with Crippen molar-refractivity contribution >= 4 is 50.0 Å². The Morgan fingerprint density at radius 1 is 0.386 bits per heavy atom. The Morgan fingerprint density at radius 2 is 0.860 bits per heavy atom. The summed E-state index contributed by atoms with van der Waals surface area (Å²) in [5.74, 6) is 0. The zero-order valence-electron chi connectivity index (χ0n) is 31.3. The first-order valence-corrected chi connectivity index (χ1v) is 19.4. The Labute approximate surface area is 333 Å². The fraction of sp³-hybridized carbons (Fsp3) is 0.0185. The van der Waals surface area contributed by atoms with E-state index >= 15 is 0 Å². The highest BCUT2D eigenvalue weighted by Crippen LogP contribution is 2.41. The van der Waals surface area contributed by atoms with Crippen LogP contribution in [0.15, 0.2) is 229 Å². The van der Waals surface area contributed by atoms with Gasteiger partial charge in [0.1, 0.15) is 0 Å². The summed E-state index contributed by atoms with van der Waals surface area (Å²) in [6, 6.07) is 77.5. The molecule has 0 spiro atoms. The second kappa shape index (κ2) is 15.0. The summed E-state index contributed by atoms with van der Waals surface area (Å²) in [6.07, 6.45) is 1.81. The van der Waals surface area contributed by atoms with Gasteiger partial charge >= 0.3 is 0 Å². The molecule has 0 aliphatic carbocycles. The maximum atomic E-state index is 5.18. The van der Waals surface area contributed by atoms with Crippen molar-refractivity contribution < 1.29 is 0 Å². The standard InChI is InChI=1S/C54H38N3/c1-3-13-38(14-4-1)40-29-33-46(34-30-40)57(53-24-12-20-43-16-8-10-22-49(43)53)47-35-31-41(32-36-47)39-25-27-44(28-26-39)51-37-52(56-54(55-51)45-17-5-2-6-18-45)50-23-11-19-42-15-7-9-21-48(42)50/h1-37,54H/q-1. The minimum Gasteiger partial charge on any atom is -0.659 e. The van der Waals surface area contributed by atoms with Crippen molar-refractivity contribution in [2.24, 2.45) is 4.99 Å². The summed E-state index contributed by atoms with van der Waals surface area (Å²) in [5.41, 5.74) is 13.1. The van der Waals surface area contributed by atoms with Crippen molar-refractivity contribution in [3.8, 4) is 22.3 Å². The van der Waals surface area contributed by atoms with E-state index in [1.807, 2.05) is 6.07 Å². The van der Waals surface area contributed by atoms with E-state index in [-0.39, 0.29) is 6.17 Å². The summed E-state index contributed by atoms with van der Waals surface area (Å²) >= 11 is 0. The third-order valence-electron chi connectivity index (χ3n) is 10.8. The van der Waals surface area contributed by atoms with Gasteiger partial charge in [0.15, 0.2) is 0 Å². The maximum Gasteiger partial charge on any atom is 0.0629 e. The molecule has 1 atom stereocenters. The van der Waals surface area contributed by atoms with E-state index in [1.54, 1.807) is 0 Å². The Bertz CT molecular complexity index is 2880. The summed E-state index contributed by atoms with van der Waals surface area (Å²) in [5, 5.41) is 9.98. The number of rotatable bonds is 8. The molecule has 1 aliphatic heterocycles. The smallest absolute Gasteiger partial charge is 0.0629 e. The maximum absolute atomic E-state index is 5.18. The lowest BCUT2D eigenvalue weighted by Crippen LogP contribution is -2.10. The van der Waals surface area contributed by atoms with E-state index in [4.69, 9.17) is 10.3 Å². The number of hydrogen-bond donors (Lipinski definition) is 0. The van der Waals surface area contributed by atoms with Crippen LogP contribution in [0.5, 0.6) is 0 Å². The second-order valence-corrected chi connectivity index (χ2v) is 14.4. The molecule has 1 aliphatic rings. The molecule has 3 nitrogen and oxygen atoms in total. The predicted molar refractivity (Wildman–Crippen MR) is 241 cm³/mol. The molecule has 1 heterocycles. The molecule has 0 aromatic heterocycles. The van der Waals surface area contributed by atoms with Crippen molar-refractivity contribution in [1.82, 2.24) is 0 Å². The quantitative estimate of drug-likeness (QED) is 0.153. The fourth-order valence-corrected chi connectivity index (χ4v) is 7.93. The Kier molecular flexibility index (Phi) is 8.94. The van der Waals surface area contributed by atoms with Gasteiger partial charge in [-0.3, -0.25) is 4.99 Å². The summed E-state index contributed by atoms with van der Waals surface area (Å²) in [6.45, 7) is 0. The van der Waals surface area contributed by atoms with Crippen LogP contribution < -0.4 is 4.90 Å². The molecule has 0 bridgehead atoms. The van der Waals surface area contributed by atoms with Crippen LogP contribution in [0.4, 0.5) is 17.1 Å². The molecule has 0 radical (unpaired) electrons. The highest BCUT2D eigenvalue weighted by Gasteiger charge is 2.17. The number of anilines is 3. The lowest BCUT2D eigenvalue weighted by atomic mass is 9.96. The van der Waals surface area contributed by atoms with E-state index in [1.165, 1.54) is 32.7 Å². The summed E-state index contributed by atoms with van der Waals surface area (Å²) in [4.78, 5) is 7.54. The molecule has 10 rings (SSSR count). The van der Waals surface area contributed by atoms with Gasteiger partial charge in [0.2, 0.25) is 0 Å². The molecule has 0 saturated carbocycles. The lowest BCUT2D eigenvalue weighted by molar-refractivity contribution is 0.879. The van der Waals surface area contributed by atoms with Gasteiger partial charge in [-0.1, -0.05) is 194 Å². The molecule has 270 valence electrons. The van der Waals surface area contributed by atoms with Crippen LogP contribution in [0.3, 0.4) is 0 Å². The molecule has 1 unspecified atom stereocenters. The van der Waals surface area contributed by atoms with E-state index in [2.05, 4.69) is 223 Å². The average molecular weight is 729 g/mol. The largest absolute Gasteiger partial charge is 0.659 e. The van der Waals surface area contributed by atoms with Crippen molar-refractivity contribution in [3.05, 3.63) is 246 Å². The van der Waals surface area contributed by atoms with Gasteiger partial charge < -0.3 is 10.2 Å². The van der Waals surface area contributed by atoms with Gasteiger partial charge in [0.05, 0.1) is 11.4 Å². The Morgan fingerprint density at radius 3 is 1.51 bits per heavy atom. The molecule has 9 aromatic rings. The number of allylic oxidation sites excluding steroid dienone is 1. The molecular weight excluding hydrogens is 691 g/mol. The number of aliphatic imine (C=N–C) groups is 1. The van der Waals surface area contributed by atoms with Crippen molar-refractivity contribution in [2.75, 3.05) is 4.90 Å². The van der Waals surface area contributed by atoms with Crippen molar-refractivity contribution in [1.29, 1.82) is 0 Å². The van der Waals surface area contributed by atoms with Gasteiger partial charge in [-0.15, -0.1) is 5.70 Å². The van der Waals surface area contributed by atoms with Crippen molar-refractivity contribution in [2.45, 2.75) is 6.17 Å². The van der Waals surface area contributed by atoms with E-state index < -0.39 is 0 Å². The Hall–Kier alpha value is -7.49.